The lowest BCUT2D eigenvalue weighted by Gasteiger charge is -2.24. The molecule has 5 nitrogen and oxygen atoms in total. The van der Waals surface area contributed by atoms with E-state index in [4.69, 9.17) is 10.5 Å². The van der Waals surface area contributed by atoms with Crippen LogP contribution in [0.5, 0.6) is 0 Å². The molecule has 0 spiro atoms. The molecular weight excluding hydrogens is 282 g/mol. The van der Waals surface area contributed by atoms with Gasteiger partial charge in [-0.3, -0.25) is 9.59 Å². The zero-order chi connectivity index (χ0) is 16.8. The minimum Gasteiger partial charge on any atom is -0.481 e. The van der Waals surface area contributed by atoms with E-state index in [2.05, 4.69) is 0 Å². The highest BCUT2D eigenvalue weighted by molar-refractivity contribution is 5.95. The van der Waals surface area contributed by atoms with E-state index in [0.717, 1.165) is 5.56 Å². The quantitative estimate of drug-likeness (QED) is 0.622. The van der Waals surface area contributed by atoms with Crippen molar-refractivity contribution in [2.75, 3.05) is 0 Å². The fourth-order valence-electron chi connectivity index (χ4n) is 1.89. The molecule has 0 radical (unpaired) electrons. The summed E-state index contributed by atoms with van der Waals surface area (Å²) in [5.74, 6) is -3.45. The second-order valence-electron chi connectivity index (χ2n) is 6.06. The summed E-state index contributed by atoms with van der Waals surface area (Å²) in [4.78, 5) is 23.3. The van der Waals surface area contributed by atoms with Gasteiger partial charge < -0.3 is 15.6 Å². The van der Waals surface area contributed by atoms with Crippen molar-refractivity contribution in [2.45, 2.75) is 38.8 Å². The van der Waals surface area contributed by atoms with Gasteiger partial charge in [0, 0.05) is 6.04 Å². The molecule has 120 valence electrons. The predicted octanol–water partition coefficient (Wildman–Crippen LogP) is 2.46. The summed E-state index contributed by atoms with van der Waals surface area (Å²) in [6, 6.07) is 8.72. The van der Waals surface area contributed by atoms with Crippen LogP contribution >= 0.6 is 0 Å². The Bertz CT molecular complexity index is 531. The number of hydrogen-bond acceptors (Lipinski definition) is 4. The van der Waals surface area contributed by atoms with E-state index in [0.29, 0.717) is 0 Å². The van der Waals surface area contributed by atoms with Gasteiger partial charge in [0.2, 0.25) is 0 Å². The predicted molar refractivity (Wildman–Crippen MR) is 85.0 cm³/mol. The highest BCUT2D eigenvalue weighted by Crippen LogP contribution is 2.16. The third kappa shape index (κ3) is 6.10. The first-order chi connectivity index (χ1) is 10.2. The number of carbonyl (C=O) groups excluding carboxylic acids is 1. The van der Waals surface area contributed by atoms with Gasteiger partial charge in [0.25, 0.3) is 0 Å². The van der Waals surface area contributed by atoms with E-state index >= 15 is 0 Å². The summed E-state index contributed by atoms with van der Waals surface area (Å²) >= 11 is 0. The molecule has 0 aliphatic carbocycles. The topological polar surface area (TPSA) is 89.6 Å². The summed E-state index contributed by atoms with van der Waals surface area (Å²) in [5, 5.41) is 9.22. The second-order valence-corrected chi connectivity index (χ2v) is 6.06. The smallest absolute Gasteiger partial charge is 0.322 e. The number of carboxylic acids is 1. The van der Waals surface area contributed by atoms with E-state index in [1.807, 2.05) is 36.4 Å². The molecule has 1 aromatic rings. The summed E-state index contributed by atoms with van der Waals surface area (Å²) in [5.41, 5.74) is 6.11. The molecule has 0 heterocycles. The fraction of sp³-hybridized carbons (Fsp3) is 0.412. The highest BCUT2D eigenvalue weighted by Gasteiger charge is 2.35. The molecule has 0 saturated carbocycles. The Hall–Kier alpha value is -2.14. The molecule has 1 aromatic carbocycles. The van der Waals surface area contributed by atoms with E-state index in [9.17, 15) is 14.7 Å². The van der Waals surface area contributed by atoms with Crippen molar-refractivity contribution in [1.29, 1.82) is 0 Å². The van der Waals surface area contributed by atoms with Crippen molar-refractivity contribution in [2.24, 2.45) is 11.7 Å². The van der Waals surface area contributed by atoms with Crippen LogP contribution in [0.3, 0.4) is 0 Å². The molecule has 0 aromatic heterocycles. The number of ether oxygens (including phenoxy) is 1. The van der Waals surface area contributed by atoms with Crippen molar-refractivity contribution in [3.05, 3.63) is 42.0 Å². The molecular formula is C17H23NO4. The minimum atomic E-state index is -1.38. The van der Waals surface area contributed by atoms with Gasteiger partial charge in [-0.15, -0.1) is 0 Å². The SMILES string of the molecule is CC(C)(C)OC(=O)[C@@H](C(=O)O)[C@H](N)C/C=C/c1ccccc1. The molecule has 2 atom stereocenters. The lowest BCUT2D eigenvalue weighted by atomic mass is 9.97. The normalized spacial score (nSPS) is 14.5. The Labute approximate surface area is 130 Å². The maximum Gasteiger partial charge on any atom is 0.322 e. The molecule has 3 N–H and O–H groups in total. The molecule has 0 aliphatic rings. The van der Waals surface area contributed by atoms with Crippen LogP contribution in [0, 0.1) is 5.92 Å². The van der Waals surface area contributed by atoms with Gasteiger partial charge in [-0.05, 0) is 32.8 Å². The van der Waals surface area contributed by atoms with Crippen LogP contribution in [0.4, 0.5) is 0 Å². The molecule has 0 unspecified atom stereocenters. The van der Waals surface area contributed by atoms with Crippen molar-refractivity contribution in [3.63, 3.8) is 0 Å². The molecule has 0 bridgehead atoms. The number of esters is 1. The first-order valence-electron chi connectivity index (χ1n) is 7.13. The van der Waals surface area contributed by atoms with Crippen molar-refractivity contribution >= 4 is 18.0 Å². The lowest BCUT2D eigenvalue weighted by molar-refractivity contribution is -0.167. The van der Waals surface area contributed by atoms with Crippen LogP contribution in [0.1, 0.15) is 32.8 Å². The molecule has 0 amide bonds. The standard InChI is InChI=1S/C17H23NO4/c1-17(2,3)22-16(21)14(15(19)20)13(18)11-7-10-12-8-5-4-6-9-12/h4-10,13-14H,11,18H2,1-3H3,(H,19,20)/b10-7+/t13-,14-/m1/s1. The van der Waals surface area contributed by atoms with E-state index in [1.54, 1.807) is 26.8 Å². The Morgan fingerprint density at radius 1 is 1.27 bits per heavy atom. The van der Waals surface area contributed by atoms with Crippen molar-refractivity contribution in [1.82, 2.24) is 0 Å². The number of carboxylic acid groups (broad SMARTS) is 1. The van der Waals surface area contributed by atoms with Crippen LogP contribution in [0.2, 0.25) is 0 Å². The van der Waals surface area contributed by atoms with Crippen LogP contribution in [-0.2, 0) is 14.3 Å². The van der Waals surface area contributed by atoms with Gasteiger partial charge in [0.05, 0.1) is 0 Å². The van der Waals surface area contributed by atoms with Crippen molar-refractivity contribution < 1.29 is 19.4 Å². The first-order valence-corrected chi connectivity index (χ1v) is 7.13. The molecule has 22 heavy (non-hydrogen) atoms. The van der Waals surface area contributed by atoms with Crippen LogP contribution in [-0.4, -0.2) is 28.7 Å². The van der Waals surface area contributed by atoms with Gasteiger partial charge in [0.1, 0.15) is 5.60 Å². The zero-order valence-corrected chi connectivity index (χ0v) is 13.2. The average Bonchev–Trinajstić information content (AvgIpc) is 2.37. The number of nitrogens with two attached hydrogens (primary N) is 1. The Balaban J connectivity index is 2.69. The number of carbonyl (C=O) groups is 2. The third-order valence-electron chi connectivity index (χ3n) is 2.87. The fourth-order valence-corrected chi connectivity index (χ4v) is 1.89. The van der Waals surface area contributed by atoms with Gasteiger partial charge in [0.15, 0.2) is 5.92 Å². The maximum absolute atomic E-state index is 12.0. The van der Waals surface area contributed by atoms with Gasteiger partial charge in [-0.2, -0.15) is 0 Å². The number of benzene rings is 1. The average molecular weight is 305 g/mol. The number of rotatable bonds is 6. The highest BCUT2D eigenvalue weighted by atomic mass is 16.6. The van der Waals surface area contributed by atoms with E-state index in [1.165, 1.54) is 0 Å². The summed E-state index contributed by atoms with van der Waals surface area (Å²) in [6.07, 6.45) is 3.87. The number of hydrogen-bond donors (Lipinski definition) is 2. The molecule has 0 fully saturated rings. The summed E-state index contributed by atoms with van der Waals surface area (Å²) in [6.45, 7) is 5.06. The zero-order valence-electron chi connectivity index (χ0n) is 13.2. The lowest BCUT2D eigenvalue weighted by Crippen LogP contribution is -2.43. The summed E-state index contributed by atoms with van der Waals surface area (Å²) < 4.78 is 5.12. The molecule has 1 rings (SSSR count). The number of aliphatic carboxylic acids is 1. The molecule has 5 heteroatoms. The Morgan fingerprint density at radius 3 is 2.36 bits per heavy atom. The van der Waals surface area contributed by atoms with Crippen molar-refractivity contribution in [3.8, 4) is 0 Å². The Kier molecular flexibility index (Phi) is 6.31. The molecule has 0 saturated heterocycles. The van der Waals surface area contributed by atoms with E-state index in [-0.39, 0.29) is 6.42 Å². The second kappa shape index (κ2) is 7.75. The van der Waals surface area contributed by atoms with E-state index < -0.39 is 29.5 Å². The monoisotopic (exact) mass is 305 g/mol. The van der Waals surface area contributed by atoms with Crippen LogP contribution in [0.15, 0.2) is 36.4 Å². The van der Waals surface area contributed by atoms with Gasteiger partial charge >= 0.3 is 11.9 Å². The minimum absolute atomic E-state index is 0.269. The molecule has 0 aliphatic heterocycles. The largest absolute Gasteiger partial charge is 0.481 e. The van der Waals surface area contributed by atoms with Crippen LogP contribution < -0.4 is 5.73 Å². The van der Waals surface area contributed by atoms with Crippen LogP contribution in [0.25, 0.3) is 6.08 Å². The first kappa shape index (κ1) is 17.9. The summed E-state index contributed by atoms with van der Waals surface area (Å²) in [7, 11) is 0. The van der Waals surface area contributed by atoms with Gasteiger partial charge in [-0.1, -0.05) is 42.5 Å². The van der Waals surface area contributed by atoms with Gasteiger partial charge in [-0.25, -0.2) is 0 Å². The Morgan fingerprint density at radius 2 is 1.86 bits per heavy atom. The maximum atomic E-state index is 12.0. The third-order valence-corrected chi connectivity index (χ3v) is 2.87.